The van der Waals surface area contributed by atoms with Gasteiger partial charge in [-0.3, -0.25) is 4.79 Å². The second-order valence-corrected chi connectivity index (χ2v) is 3.19. The van der Waals surface area contributed by atoms with Crippen molar-refractivity contribution in [3.63, 3.8) is 0 Å². The Kier molecular flexibility index (Phi) is 3.33. The fourth-order valence-electron chi connectivity index (χ4n) is 1.53. The van der Waals surface area contributed by atoms with E-state index in [9.17, 15) is 19.8 Å². The predicted molar refractivity (Wildman–Crippen MR) is 44.9 cm³/mol. The van der Waals surface area contributed by atoms with Gasteiger partial charge in [-0.05, 0) is 11.6 Å². The quantitative estimate of drug-likeness (QED) is 0.577. The average molecular weight is 184 g/mol. The molecule has 1 rings (SSSR count). The summed E-state index contributed by atoms with van der Waals surface area (Å²) >= 11 is 0. The summed E-state index contributed by atoms with van der Waals surface area (Å²) in [6.07, 6.45) is 1.32. The number of hydrogen-bond acceptors (Lipinski definition) is 4. The number of rotatable bonds is 3. The number of hydrogen-bond donors (Lipinski definition) is 2. The van der Waals surface area contributed by atoms with Gasteiger partial charge in [0, 0.05) is 18.8 Å². The van der Waals surface area contributed by atoms with Crippen molar-refractivity contribution in [3.05, 3.63) is 11.6 Å². The van der Waals surface area contributed by atoms with Gasteiger partial charge in [-0.25, -0.2) is 0 Å². The molecule has 4 nitrogen and oxygen atoms in total. The van der Waals surface area contributed by atoms with Crippen molar-refractivity contribution in [2.45, 2.75) is 25.0 Å². The highest BCUT2D eigenvalue weighted by atomic mass is 16.3. The molecule has 0 aromatic heterocycles. The third kappa shape index (κ3) is 2.23. The molecule has 0 aromatic rings. The van der Waals surface area contributed by atoms with Crippen LogP contribution in [0.2, 0.25) is 0 Å². The molecule has 72 valence electrons. The van der Waals surface area contributed by atoms with E-state index in [2.05, 4.69) is 0 Å². The highest BCUT2D eigenvalue weighted by Gasteiger charge is 2.30. The Morgan fingerprint density at radius 3 is 2.62 bits per heavy atom. The van der Waals surface area contributed by atoms with Crippen LogP contribution < -0.4 is 0 Å². The lowest BCUT2D eigenvalue weighted by Gasteiger charge is -2.28. The molecule has 0 amide bonds. The zero-order valence-corrected chi connectivity index (χ0v) is 7.09. The molecule has 4 heteroatoms. The first-order valence-electron chi connectivity index (χ1n) is 4.14. The first-order valence-corrected chi connectivity index (χ1v) is 4.14. The van der Waals surface area contributed by atoms with Gasteiger partial charge in [0.2, 0.25) is 0 Å². The van der Waals surface area contributed by atoms with E-state index < -0.39 is 18.1 Å². The van der Waals surface area contributed by atoms with E-state index in [1.54, 1.807) is 0 Å². The molecule has 3 atom stereocenters. The zero-order valence-electron chi connectivity index (χ0n) is 7.09. The van der Waals surface area contributed by atoms with Gasteiger partial charge in [0.1, 0.15) is 12.6 Å². The smallest absolute Gasteiger partial charge is 0.145 e. The fraction of sp³-hybridized carbons (Fsp3) is 0.556. The lowest BCUT2D eigenvalue weighted by atomic mass is 9.83. The van der Waals surface area contributed by atoms with Crippen LogP contribution in [0.15, 0.2) is 11.6 Å². The Balaban J connectivity index is 2.74. The molecule has 1 aliphatic rings. The molecule has 0 heterocycles. The number of aldehydes is 2. The predicted octanol–water partition coefficient (Wildman–Crippen LogP) is -0.558. The summed E-state index contributed by atoms with van der Waals surface area (Å²) in [6, 6.07) is 0. The van der Waals surface area contributed by atoms with Crippen LogP contribution in [0.4, 0.5) is 0 Å². The monoisotopic (exact) mass is 184 g/mol. The van der Waals surface area contributed by atoms with E-state index in [4.69, 9.17) is 0 Å². The molecule has 0 aromatic carbocycles. The minimum Gasteiger partial charge on any atom is -0.392 e. The van der Waals surface area contributed by atoms with Crippen LogP contribution in [0.1, 0.15) is 12.8 Å². The molecular weight excluding hydrogens is 172 g/mol. The van der Waals surface area contributed by atoms with Crippen LogP contribution in [-0.2, 0) is 9.59 Å². The van der Waals surface area contributed by atoms with Crippen molar-refractivity contribution in [1.82, 2.24) is 0 Å². The van der Waals surface area contributed by atoms with Gasteiger partial charge in [0.05, 0.1) is 12.2 Å². The maximum atomic E-state index is 10.4. The van der Waals surface area contributed by atoms with Gasteiger partial charge in [0.25, 0.3) is 0 Å². The Hall–Kier alpha value is -1.00. The molecule has 2 unspecified atom stereocenters. The van der Waals surface area contributed by atoms with Gasteiger partial charge in [0.15, 0.2) is 0 Å². The summed E-state index contributed by atoms with van der Waals surface area (Å²) in [7, 11) is 0. The third-order valence-electron chi connectivity index (χ3n) is 2.28. The zero-order chi connectivity index (χ0) is 9.84. The fourth-order valence-corrected chi connectivity index (χ4v) is 1.53. The van der Waals surface area contributed by atoms with Crippen LogP contribution in [0.5, 0.6) is 0 Å². The van der Waals surface area contributed by atoms with E-state index in [1.807, 2.05) is 0 Å². The number of aliphatic hydroxyl groups is 2. The Bertz CT molecular complexity index is 234. The molecule has 1 aliphatic carbocycles. The topological polar surface area (TPSA) is 74.6 Å². The minimum atomic E-state index is -0.894. The Morgan fingerprint density at radius 2 is 2.15 bits per heavy atom. The maximum absolute atomic E-state index is 10.4. The summed E-state index contributed by atoms with van der Waals surface area (Å²) in [5.74, 6) is -0.471. The summed E-state index contributed by atoms with van der Waals surface area (Å²) < 4.78 is 0. The average Bonchev–Trinajstić information content (AvgIpc) is 2.11. The van der Waals surface area contributed by atoms with Crippen LogP contribution in [0.25, 0.3) is 0 Å². The van der Waals surface area contributed by atoms with E-state index in [-0.39, 0.29) is 12.8 Å². The first-order chi connectivity index (χ1) is 6.19. The van der Waals surface area contributed by atoms with Crippen molar-refractivity contribution >= 4 is 12.6 Å². The highest BCUT2D eigenvalue weighted by Crippen LogP contribution is 2.25. The molecule has 13 heavy (non-hydrogen) atoms. The first kappa shape index (κ1) is 10.1. The molecular formula is C9H12O4. The van der Waals surface area contributed by atoms with Crippen LogP contribution in [0, 0.1) is 5.92 Å². The number of aliphatic hydroxyl groups excluding tert-OH is 2. The Labute approximate surface area is 75.9 Å². The second-order valence-electron chi connectivity index (χ2n) is 3.19. The third-order valence-corrected chi connectivity index (χ3v) is 2.28. The number of carbonyl (C=O) groups excluding carboxylic acids is 2. The normalized spacial score (nSPS) is 33.7. The van der Waals surface area contributed by atoms with Crippen molar-refractivity contribution in [2.75, 3.05) is 0 Å². The van der Waals surface area contributed by atoms with Crippen molar-refractivity contribution in [3.8, 4) is 0 Å². The van der Waals surface area contributed by atoms with Crippen LogP contribution >= 0.6 is 0 Å². The molecule has 0 spiro atoms. The van der Waals surface area contributed by atoms with Crippen LogP contribution in [0.3, 0.4) is 0 Å². The molecule has 0 saturated heterocycles. The largest absolute Gasteiger partial charge is 0.392 e. The van der Waals surface area contributed by atoms with Crippen molar-refractivity contribution in [1.29, 1.82) is 0 Å². The lowest BCUT2D eigenvalue weighted by molar-refractivity contribution is -0.111. The molecule has 0 bridgehead atoms. The summed E-state index contributed by atoms with van der Waals surface area (Å²) in [6.45, 7) is 0. The SMILES string of the molecule is O=CC[C@H]1C(O)C=C(C=O)CC1O. The molecule has 0 aliphatic heterocycles. The van der Waals surface area contributed by atoms with Gasteiger partial charge in [-0.1, -0.05) is 0 Å². The summed E-state index contributed by atoms with van der Waals surface area (Å²) in [4.78, 5) is 20.6. The van der Waals surface area contributed by atoms with Crippen molar-refractivity contribution < 1.29 is 19.8 Å². The standard InChI is InChI=1S/C9H12O4/c10-2-1-7-8(12)3-6(5-11)4-9(7)13/h2-3,5,7-9,12-13H,1,4H2/t7-,8?,9?/m0/s1. The molecule has 0 saturated carbocycles. The van der Waals surface area contributed by atoms with Gasteiger partial charge >= 0.3 is 0 Å². The van der Waals surface area contributed by atoms with E-state index in [1.165, 1.54) is 6.08 Å². The minimum absolute atomic E-state index is 0.116. The highest BCUT2D eigenvalue weighted by molar-refractivity contribution is 5.73. The maximum Gasteiger partial charge on any atom is 0.145 e. The summed E-state index contributed by atoms with van der Waals surface area (Å²) in [5.41, 5.74) is 0.391. The second kappa shape index (κ2) is 4.30. The van der Waals surface area contributed by atoms with Gasteiger partial charge in [-0.2, -0.15) is 0 Å². The van der Waals surface area contributed by atoms with Crippen molar-refractivity contribution in [2.24, 2.45) is 5.92 Å². The van der Waals surface area contributed by atoms with E-state index >= 15 is 0 Å². The molecule has 0 radical (unpaired) electrons. The molecule has 0 fully saturated rings. The number of carbonyl (C=O) groups is 2. The van der Waals surface area contributed by atoms with E-state index in [0.717, 1.165) is 0 Å². The molecule has 2 N–H and O–H groups in total. The van der Waals surface area contributed by atoms with Crippen LogP contribution in [-0.4, -0.2) is 35.0 Å². The van der Waals surface area contributed by atoms with Gasteiger partial charge in [-0.15, -0.1) is 0 Å². The Morgan fingerprint density at radius 1 is 1.46 bits per heavy atom. The summed E-state index contributed by atoms with van der Waals surface area (Å²) in [5, 5.41) is 18.9. The lowest BCUT2D eigenvalue weighted by Crippen LogP contribution is -2.35. The van der Waals surface area contributed by atoms with Gasteiger partial charge < -0.3 is 15.0 Å². The van der Waals surface area contributed by atoms with E-state index in [0.29, 0.717) is 18.1 Å².